The third-order valence-electron chi connectivity index (χ3n) is 2.30. The Morgan fingerprint density at radius 1 is 0.812 bits per heavy atom. The second kappa shape index (κ2) is 13.8. The number of hydrogen-bond acceptors (Lipinski definition) is 1. The first-order valence-corrected chi connectivity index (χ1v) is 7.40. The fourth-order valence-electron chi connectivity index (χ4n) is 1.45. The van der Waals surface area contributed by atoms with E-state index < -0.39 is 7.60 Å². The highest BCUT2D eigenvalue weighted by Gasteiger charge is 2.10. The van der Waals surface area contributed by atoms with E-state index in [-0.39, 0.29) is 31.0 Å². The summed E-state index contributed by atoms with van der Waals surface area (Å²) in [6.45, 7) is 2.19. The van der Waals surface area contributed by atoms with Crippen LogP contribution in [0.5, 0.6) is 0 Å². The average Bonchev–Trinajstić information content (AvgIpc) is 2.08. The molecule has 0 aliphatic rings. The van der Waals surface area contributed by atoms with Crippen LogP contribution in [-0.4, -0.2) is 15.9 Å². The third kappa shape index (κ3) is 20.2. The molecule has 16 heavy (non-hydrogen) atoms. The first kappa shape index (κ1) is 22.0. The smallest absolute Gasteiger partial charge is 0.324 e. The van der Waals surface area contributed by atoms with Crippen LogP contribution >= 0.6 is 32.4 Å². The second-order valence-electron chi connectivity index (χ2n) is 3.86. The Balaban J connectivity index is -0.000000845. The summed E-state index contributed by atoms with van der Waals surface area (Å²) in [4.78, 5) is 17.2. The molecule has 0 saturated heterocycles. The van der Waals surface area contributed by atoms with Gasteiger partial charge in [-0.1, -0.05) is 51.9 Å². The van der Waals surface area contributed by atoms with Gasteiger partial charge in [0.2, 0.25) is 0 Å². The van der Waals surface area contributed by atoms with Gasteiger partial charge in [-0.3, -0.25) is 4.57 Å². The van der Waals surface area contributed by atoms with Crippen LogP contribution in [0.15, 0.2) is 0 Å². The van der Waals surface area contributed by atoms with Crippen LogP contribution in [0.25, 0.3) is 0 Å². The number of hydrogen-bond donors (Lipinski definition) is 2. The van der Waals surface area contributed by atoms with E-state index in [2.05, 4.69) is 6.92 Å². The van der Waals surface area contributed by atoms with E-state index in [1.807, 2.05) is 0 Å². The summed E-state index contributed by atoms with van der Waals surface area (Å²) in [6, 6.07) is 0. The Morgan fingerprint density at radius 2 is 1.19 bits per heavy atom. The molecule has 0 fully saturated rings. The van der Waals surface area contributed by atoms with E-state index in [4.69, 9.17) is 9.79 Å². The molecule has 0 aromatic heterocycles. The molecule has 0 aliphatic carbocycles. The van der Waals surface area contributed by atoms with Crippen LogP contribution in [0.4, 0.5) is 0 Å². The highest BCUT2D eigenvalue weighted by Crippen LogP contribution is 2.35. The Hall–Kier alpha value is 0.730. The minimum atomic E-state index is -3.73. The molecule has 0 aromatic rings. The van der Waals surface area contributed by atoms with Gasteiger partial charge in [-0.2, -0.15) is 0 Å². The Morgan fingerprint density at radius 3 is 1.56 bits per heavy atom. The van der Waals surface area contributed by atoms with Gasteiger partial charge in [0.25, 0.3) is 0 Å². The molecule has 0 heterocycles. The lowest BCUT2D eigenvalue weighted by Crippen LogP contribution is -1.88. The normalized spacial score (nSPS) is 10.4. The fraction of sp³-hybridized carbons (Fsp3) is 1.00. The van der Waals surface area contributed by atoms with Gasteiger partial charge >= 0.3 is 7.60 Å². The summed E-state index contributed by atoms with van der Waals surface area (Å²) < 4.78 is 10.5. The van der Waals surface area contributed by atoms with Gasteiger partial charge in [-0.25, -0.2) is 0 Å². The van der Waals surface area contributed by atoms with Crippen LogP contribution < -0.4 is 0 Å². The summed E-state index contributed by atoms with van der Waals surface area (Å²) in [7, 11) is -3.73. The van der Waals surface area contributed by atoms with Crippen molar-refractivity contribution in [2.24, 2.45) is 0 Å². The highest BCUT2D eigenvalue weighted by atomic mass is 35.5. The van der Waals surface area contributed by atoms with Gasteiger partial charge in [0.05, 0.1) is 0 Å². The molecular formula is C10H25Cl2O3P. The van der Waals surface area contributed by atoms with Crippen LogP contribution in [0.1, 0.15) is 58.3 Å². The first-order valence-electron chi connectivity index (χ1n) is 5.61. The molecule has 0 radical (unpaired) electrons. The summed E-state index contributed by atoms with van der Waals surface area (Å²) in [5.41, 5.74) is 0. The molecule has 3 nitrogen and oxygen atoms in total. The second-order valence-corrected chi connectivity index (χ2v) is 5.64. The number of unbranched alkanes of at least 4 members (excludes halogenated alkanes) is 7. The maximum absolute atomic E-state index is 10.5. The summed E-state index contributed by atoms with van der Waals surface area (Å²) in [5.74, 6) is 0. The average molecular weight is 295 g/mol. The molecule has 0 atom stereocenters. The van der Waals surface area contributed by atoms with Crippen molar-refractivity contribution in [1.82, 2.24) is 0 Å². The Labute approximate surface area is 111 Å². The molecule has 0 aromatic carbocycles. The zero-order valence-electron chi connectivity index (χ0n) is 9.93. The van der Waals surface area contributed by atoms with Crippen molar-refractivity contribution < 1.29 is 14.4 Å². The van der Waals surface area contributed by atoms with E-state index in [1.54, 1.807) is 0 Å². The third-order valence-corrected chi connectivity index (χ3v) is 3.20. The minimum absolute atomic E-state index is 0. The number of rotatable bonds is 9. The van der Waals surface area contributed by atoms with E-state index in [1.165, 1.54) is 32.1 Å². The zero-order valence-corrected chi connectivity index (χ0v) is 12.5. The highest BCUT2D eigenvalue weighted by molar-refractivity contribution is 7.51. The summed E-state index contributed by atoms with van der Waals surface area (Å²) >= 11 is 0. The van der Waals surface area contributed by atoms with Crippen molar-refractivity contribution in [3.05, 3.63) is 0 Å². The van der Waals surface area contributed by atoms with Gasteiger partial charge in [-0.15, -0.1) is 24.8 Å². The molecule has 0 rings (SSSR count). The van der Waals surface area contributed by atoms with E-state index >= 15 is 0 Å². The maximum atomic E-state index is 10.5. The van der Waals surface area contributed by atoms with Gasteiger partial charge < -0.3 is 9.79 Å². The molecule has 2 N–H and O–H groups in total. The fourth-order valence-corrected chi connectivity index (χ4v) is 2.09. The summed E-state index contributed by atoms with van der Waals surface area (Å²) in [5, 5.41) is 0. The molecular weight excluding hydrogens is 270 g/mol. The molecule has 0 bridgehead atoms. The largest absolute Gasteiger partial charge is 0.325 e. The van der Waals surface area contributed by atoms with Crippen molar-refractivity contribution in [1.29, 1.82) is 0 Å². The van der Waals surface area contributed by atoms with Crippen molar-refractivity contribution in [2.75, 3.05) is 6.16 Å². The molecule has 0 unspecified atom stereocenters. The molecule has 0 spiro atoms. The van der Waals surface area contributed by atoms with Gasteiger partial charge in [0, 0.05) is 6.16 Å². The van der Waals surface area contributed by atoms with Gasteiger partial charge in [-0.05, 0) is 6.42 Å². The van der Waals surface area contributed by atoms with Gasteiger partial charge in [0.15, 0.2) is 0 Å². The SMILES string of the molecule is CCCCCCCCCCP(=O)(O)O.Cl.Cl. The molecule has 0 saturated carbocycles. The predicted molar refractivity (Wildman–Crippen MR) is 74.0 cm³/mol. The minimum Gasteiger partial charge on any atom is -0.324 e. The molecule has 0 amide bonds. The van der Waals surface area contributed by atoms with Crippen LogP contribution in [0.3, 0.4) is 0 Å². The van der Waals surface area contributed by atoms with Crippen LogP contribution in [-0.2, 0) is 4.57 Å². The number of halogens is 2. The lowest BCUT2D eigenvalue weighted by molar-refractivity contribution is 0.370. The maximum Gasteiger partial charge on any atom is 0.325 e. The first-order chi connectivity index (χ1) is 6.56. The van der Waals surface area contributed by atoms with Gasteiger partial charge in [0.1, 0.15) is 0 Å². The molecule has 6 heteroatoms. The standard InChI is InChI=1S/C10H23O3P.2ClH/c1-2-3-4-5-6-7-8-9-10-14(11,12)13;;/h2-10H2,1H3,(H2,11,12,13);2*1H. The van der Waals surface area contributed by atoms with Crippen LogP contribution in [0, 0.1) is 0 Å². The zero-order chi connectivity index (χ0) is 10.9. The van der Waals surface area contributed by atoms with Crippen molar-refractivity contribution in [3.63, 3.8) is 0 Å². The quantitative estimate of drug-likeness (QED) is 0.496. The lowest BCUT2D eigenvalue weighted by Gasteiger charge is -2.03. The predicted octanol–water partition coefficient (Wildman–Crippen LogP) is 4.15. The lowest BCUT2D eigenvalue weighted by atomic mass is 10.1. The Bertz CT molecular complexity index is 173. The van der Waals surface area contributed by atoms with E-state index in [0.717, 1.165) is 12.8 Å². The van der Waals surface area contributed by atoms with E-state index in [9.17, 15) is 4.57 Å². The van der Waals surface area contributed by atoms with Crippen LogP contribution in [0.2, 0.25) is 0 Å². The summed E-state index contributed by atoms with van der Waals surface area (Å²) in [6.07, 6.45) is 9.14. The Kier molecular flexibility index (Phi) is 18.9. The van der Waals surface area contributed by atoms with Crippen molar-refractivity contribution in [3.8, 4) is 0 Å². The van der Waals surface area contributed by atoms with Crippen molar-refractivity contribution >= 4 is 32.4 Å². The molecule has 102 valence electrons. The van der Waals surface area contributed by atoms with E-state index in [0.29, 0.717) is 6.42 Å². The molecule has 0 aliphatic heterocycles. The monoisotopic (exact) mass is 294 g/mol. The topological polar surface area (TPSA) is 57.5 Å². The van der Waals surface area contributed by atoms with Crippen molar-refractivity contribution in [2.45, 2.75) is 58.3 Å².